The largest absolute Gasteiger partial charge is 0.310 e. The summed E-state index contributed by atoms with van der Waals surface area (Å²) in [5.74, 6) is -0.0310. The zero-order valence-corrected chi connectivity index (χ0v) is 17.3. The number of likely N-dealkylation sites (N-methyl/N-ethyl adjacent to an activating group) is 1. The number of halogens is 2. The minimum Gasteiger partial charge on any atom is -0.310 e. The molecule has 1 aliphatic rings. The number of allylic oxidation sites excluding steroid dienone is 1. The smallest absolute Gasteiger partial charge is 0.276 e. The number of carbonyl (C=O) groups is 1. The van der Waals surface area contributed by atoms with Gasteiger partial charge >= 0.3 is 0 Å². The molecule has 2 heterocycles. The van der Waals surface area contributed by atoms with E-state index in [1.807, 2.05) is 42.9 Å². The lowest BCUT2D eigenvalue weighted by Gasteiger charge is -2.25. The number of hydrogen-bond donors (Lipinski definition) is 0. The first-order chi connectivity index (χ1) is 12.4. The van der Waals surface area contributed by atoms with E-state index in [0.29, 0.717) is 35.0 Å². The summed E-state index contributed by atoms with van der Waals surface area (Å²) in [6, 6.07) is 7.64. The lowest BCUT2D eigenvalue weighted by molar-refractivity contribution is 0.0787. The van der Waals surface area contributed by atoms with E-state index in [1.165, 1.54) is 0 Å². The van der Waals surface area contributed by atoms with Crippen LogP contribution in [0, 0.1) is 0 Å². The fraction of sp³-hybridized carbons (Fsp3) is 0.368. The van der Waals surface area contributed by atoms with Gasteiger partial charge in [-0.2, -0.15) is 0 Å². The van der Waals surface area contributed by atoms with E-state index in [-0.39, 0.29) is 5.91 Å². The Morgan fingerprint density at radius 1 is 1.27 bits per heavy atom. The summed E-state index contributed by atoms with van der Waals surface area (Å²) in [7, 11) is 4.00. The van der Waals surface area contributed by atoms with Gasteiger partial charge in [0.25, 0.3) is 5.91 Å². The third-order valence-corrected chi connectivity index (χ3v) is 5.36. The Morgan fingerprint density at radius 2 is 1.96 bits per heavy atom. The molecule has 0 aliphatic carbocycles. The highest BCUT2D eigenvalue weighted by Crippen LogP contribution is 2.27. The van der Waals surface area contributed by atoms with E-state index in [9.17, 15) is 4.79 Å². The topological polar surface area (TPSA) is 41.4 Å². The number of aromatic nitrogens is 2. The molecule has 5 nitrogen and oxygen atoms in total. The number of nitrogens with zero attached hydrogens (tertiary/aromatic N) is 4. The van der Waals surface area contributed by atoms with Crippen molar-refractivity contribution in [2.75, 3.05) is 27.2 Å². The molecule has 0 radical (unpaired) electrons. The molecule has 3 rings (SSSR count). The van der Waals surface area contributed by atoms with Crippen molar-refractivity contribution in [1.82, 2.24) is 19.4 Å². The average molecular weight is 438 g/mol. The third kappa shape index (κ3) is 4.03. The van der Waals surface area contributed by atoms with E-state index in [1.54, 1.807) is 4.90 Å². The molecule has 1 aromatic carbocycles. The van der Waals surface area contributed by atoms with Gasteiger partial charge < -0.3 is 14.4 Å². The molecular weight excluding hydrogens is 416 g/mol. The summed E-state index contributed by atoms with van der Waals surface area (Å²) in [6.07, 6.45) is 1.45. The van der Waals surface area contributed by atoms with E-state index >= 15 is 0 Å². The van der Waals surface area contributed by atoms with Gasteiger partial charge in [-0.1, -0.05) is 30.3 Å². The molecule has 1 aromatic heterocycles. The van der Waals surface area contributed by atoms with Crippen molar-refractivity contribution in [3.8, 4) is 0 Å². The first-order valence-corrected chi connectivity index (χ1v) is 9.67. The molecule has 1 amide bonds. The minimum absolute atomic E-state index is 0.0310. The van der Waals surface area contributed by atoms with Crippen LogP contribution in [0.2, 0.25) is 5.02 Å². The molecule has 2 aromatic rings. The molecule has 0 unspecified atom stereocenters. The Balaban J connectivity index is 1.95. The molecule has 0 fully saturated rings. The number of fused-ring (bicyclic) bond motifs is 1. The Morgan fingerprint density at radius 3 is 2.62 bits per heavy atom. The van der Waals surface area contributed by atoms with Crippen molar-refractivity contribution < 1.29 is 4.79 Å². The molecule has 0 saturated carbocycles. The lowest BCUT2D eigenvalue weighted by Crippen LogP contribution is -2.36. The number of benzene rings is 1. The Hall–Kier alpha value is -1.63. The molecule has 0 bridgehead atoms. The van der Waals surface area contributed by atoms with E-state index in [4.69, 9.17) is 11.6 Å². The molecule has 1 aliphatic heterocycles. The summed E-state index contributed by atoms with van der Waals surface area (Å²) in [6.45, 7) is 6.07. The highest BCUT2D eigenvalue weighted by molar-refractivity contribution is 9.10. The van der Waals surface area contributed by atoms with Crippen LogP contribution in [-0.2, 0) is 13.0 Å². The van der Waals surface area contributed by atoms with Crippen molar-refractivity contribution in [3.63, 3.8) is 0 Å². The number of hydrogen-bond acceptors (Lipinski definition) is 3. The van der Waals surface area contributed by atoms with Crippen molar-refractivity contribution in [2.24, 2.45) is 0 Å². The molecule has 0 saturated heterocycles. The zero-order chi connectivity index (χ0) is 18.8. The third-order valence-electron chi connectivity index (χ3n) is 4.50. The average Bonchev–Trinajstić information content (AvgIpc) is 2.84. The fourth-order valence-corrected chi connectivity index (χ4v) is 3.67. The van der Waals surface area contributed by atoms with Gasteiger partial charge in [-0.25, -0.2) is 4.98 Å². The van der Waals surface area contributed by atoms with Gasteiger partial charge in [-0.15, -0.1) is 0 Å². The van der Waals surface area contributed by atoms with Gasteiger partial charge in [0.05, 0.1) is 12.2 Å². The van der Waals surface area contributed by atoms with Gasteiger partial charge in [0.1, 0.15) is 5.69 Å². The van der Waals surface area contributed by atoms with E-state index in [0.717, 1.165) is 29.9 Å². The zero-order valence-electron chi connectivity index (χ0n) is 15.0. The van der Waals surface area contributed by atoms with Gasteiger partial charge in [0, 0.05) is 23.8 Å². The van der Waals surface area contributed by atoms with Crippen molar-refractivity contribution >= 4 is 33.4 Å². The van der Waals surface area contributed by atoms with Crippen molar-refractivity contribution in [2.45, 2.75) is 19.4 Å². The second-order valence-corrected chi connectivity index (χ2v) is 7.86. The van der Waals surface area contributed by atoms with Crippen LogP contribution in [0.25, 0.3) is 0 Å². The number of amides is 1. The minimum atomic E-state index is -0.0310. The predicted octanol–water partition coefficient (Wildman–Crippen LogP) is 3.81. The van der Waals surface area contributed by atoms with Crippen molar-refractivity contribution in [3.05, 3.63) is 63.2 Å². The Bertz CT molecular complexity index is 829. The highest BCUT2D eigenvalue weighted by atomic mass is 79.9. The second kappa shape index (κ2) is 7.94. The van der Waals surface area contributed by atoms with Crippen LogP contribution < -0.4 is 0 Å². The standard InChI is InChI=1S/C19H22BrClN4O/c1-13-4-9-16-17(18(26)24(13)11-10-23(2)3)25(19(20)22-16)12-14-5-7-15(21)8-6-14/h5-8H,1,4,9-12H2,2-3H3. The van der Waals surface area contributed by atoms with Crippen LogP contribution in [0.4, 0.5) is 0 Å². The number of imidazole rings is 1. The molecule has 0 atom stereocenters. The monoisotopic (exact) mass is 436 g/mol. The Kier molecular flexibility index (Phi) is 5.85. The van der Waals surface area contributed by atoms with Gasteiger partial charge in [0.2, 0.25) is 0 Å². The maximum absolute atomic E-state index is 13.3. The van der Waals surface area contributed by atoms with Crippen LogP contribution in [0.15, 0.2) is 41.3 Å². The SMILES string of the molecule is C=C1CCc2nc(Br)n(Cc3ccc(Cl)cc3)c2C(=O)N1CCN(C)C. The molecule has 0 spiro atoms. The van der Waals surface area contributed by atoms with Crippen LogP contribution in [0.5, 0.6) is 0 Å². The van der Waals surface area contributed by atoms with Gasteiger partial charge in [0.15, 0.2) is 4.73 Å². The van der Waals surface area contributed by atoms with Crippen LogP contribution in [0.3, 0.4) is 0 Å². The normalized spacial score (nSPS) is 14.7. The first kappa shape index (κ1) is 19.1. The number of aryl methyl sites for hydroxylation is 1. The van der Waals surface area contributed by atoms with Gasteiger partial charge in [-0.3, -0.25) is 4.79 Å². The quantitative estimate of drug-likeness (QED) is 0.714. The van der Waals surface area contributed by atoms with Crippen LogP contribution >= 0.6 is 27.5 Å². The van der Waals surface area contributed by atoms with Crippen LogP contribution in [-0.4, -0.2) is 52.4 Å². The van der Waals surface area contributed by atoms with E-state index in [2.05, 4.69) is 32.4 Å². The first-order valence-electron chi connectivity index (χ1n) is 8.50. The summed E-state index contributed by atoms with van der Waals surface area (Å²) in [4.78, 5) is 21.7. The molecular formula is C19H22BrClN4O. The fourth-order valence-electron chi connectivity index (χ4n) is 3.03. The summed E-state index contributed by atoms with van der Waals surface area (Å²) >= 11 is 9.50. The highest BCUT2D eigenvalue weighted by Gasteiger charge is 2.30. The van der Waals surface area contributed by atoms with Gasteiger partial charge in [-0.05, 0) is 60.6 Å². The van der Waals surface area contributed by atoms with Crippen molar-refractivity contribution in [1.29, 1.82) is 0 Å². The summed E-state index contributed by atoms with van der Waals surface area (Å²) < 4.78 is 2.60. The Labute approximate surface area is 167 Å². The van der Waals surface area contributed by atoms with Crippen LogP contribution in [0.1, 0.15) is 28.2 Å². The second-order valence-electron chi connectivity index (χ2n) is 6.72. The molecule has 138 valence electrons. The summed E-state index contributed by atoms with van der Waals surface area (Å²) in [5, 5.41) is 0.694. The number of rotatable bonds is 5. The maximum Gasteiger partial charge on any atom is 0.276 e. The molecule has 0 N–H and O–H groups in total. The molecule has 7 heteroatoms. The predicted molar refractivity (Wildman–Crippen MR) is 108 cm³/mol. The van der Waals surface area contributed by atoms with E-state index < -0.39 is 0 Å². The maximum atomic E-state index is 13.3. The lowest BCUT2D eigenvalue weighted by atomic mass is 10.2. The molecule has 26 heavy (non-hydrogen) atoms. The number of carbonyl (C=O) groups excluding carboxylic acids is 1. The summed E-state index contributed by atoms with van der Waals surface area (Å²) in [5.41, 5.74) is 3.38.